The van der Waals surface area contributed by atoms with Gasteiger partial charge in [0.25, 0.3) is 5.91 Å². The van der Waals surface area contributed by atoms with Gasteiger partial charge in [0.05, 0.1) is 19.4 Å². The van der Waals surface area contributed by atoms with Crippen molar-refractivity contribution in [3.8, 4) is 0 Å². The number of likely N-dealkylation sites (N-methyl/N-ethyl adjacent to an activating group) is 1. The summed E-state index contributed by atoms with van der Waals surface area (Å²) in [7, 11) is 0. The van der Waals surface area contributed by atoms with Crippen LogP contribution in [0.15, 0.2) is 22.8 Å². The van der Waals surface area contributed by atoms with Crippen LogP contribution in [0, 0.1) is 13.8 Å². The Morgan fingerprint density at radius 1 is 1.24 bits per heavy atom. The number of ketones is 1. The van der Waals surface area contributed by atoms with E-state index in [1.54, 1.807) is 39.8 Å². The van der Waals surface area contributed by atoms with E-state index >= 15 is 0 Å². The molecule has 0 fully saturated rings. The van der Waals surface area contributed by atoms with Gasteiger partial charge in [-0.15, -0.1) is 0 Å². The Hall–Kier alpha value is -2.83. The monoisotopic (exact) mass is 346 g/mol. The zero-order valence-electron chi connectivity index (χ0n) is 14.8. The number of furan rings is 1. The van der Waals surface area contributed by atoms with E-state index < -0.39 is 5.97 Å². The fourth-order valence-corrected chi connectivity index (χ4v) is 2.71. The van der Waals surface area contributed by atoms with Crippen molar-refractivity contribution in [2.24, 2.45) is 0 Å². The molecule has 0 atom stereocenters. The quantitative estimate of drug-likeness (QED) is 0.615. The molecule has 0 aliphatic rings. The molecule has 2 aromatic heterocycles. The summed E-state index contributed by atoms with van der Waals surface area (Å²) in [6, 6.07) is 3.18. The summed E-state index contributed by atoms with van der Waals surface area (Å²) in [5.74, 6) is -0.911. The Labute approximate surface area is 145 Å². The van der Waals surface area contributed by atoms with Crippen molar-refractivity contribution >= 4 is 17.7 Å². The highest BCUT2D eigenvalue weighted by molar-refractivity contribution is 6.05. The van der Waals surface area contributed by atoms with E-state index in [1.165, 1.54) is 11.2 Å². The third-order valence-electron chi connectivity index (χ3n) is 3.93. The number of carbonyl (C=O) groups excluding carboxylic acids is 3. The first-order valence-corrected chi connectivity index (χ1v) is 8.12. The Bertz CT molecular complexity index is 774. The average molecular weight is 346 g/mol. The van der Waals surface area contributed by atoms with Crippen molar-refractivity contribution in [2.45, 2.75) is 27.7 Å². The fourth-order valence-electron chi connectivity index (χ4n) is 2.71. The van der Waals surface area contributed by atoms with Crippen molar-refractivity contribution in [3.05, 3.63) is 46.7 Å². The molecule has 0 bridgehead atoms. The van der Waals surface area contributed by atoms with Crippen molar-refractivity contribution in [2.75, 3.05) is 19.7 Å². The zero-order chi connectivity index (χ0) is 18.6. The van der Waals surface area contributed by atoms with Crippen LogP contribution in [0.25, 0.3) is 0 Å². The summed E-state index contributed by atoms with van der Waals surface area (Å²) in [4.78, 5) is 41.4. The molecule has 2 heterocycles. The maximum atomic E-state index is 12.7. The number of ether oxygens (including phenoxy) is 1. The van der Waals surface area contributed by atoms with Gasteiger partial charge in [0.15, 0.2) is 11.5 Å². The van der Waals surface area contributed by atoms with E-state index in [0.29, 0.717) is 23.4 Å². The largest absolute Gasteiger partial charge is 0.461 e. The summed E-state index contributed by atoms with van der Waals surface area (Å²) in [6.45, 7) is 7.42. The van der Waals surface area contributed by atoms with E-state index in [2.05, 4.69) is 4.98 Å². The topological polar surface area (TPSA) is 92.6 Å². The number of aromatic amines is 1. The van der Waals surface area contributed by atoms with Gasteiger partial charge in [-0.05, 0) is 45.4 Å². The van der Waals surface area contributed by atoms with Crippen LogP contribution < -0.4 is 0 Å². The predicted octanol–water partition coefficient (Wildman–Crippen LogP) is 2.75. The SMILES string of the molecule is CCOC(=O)c1[nH]c(C)c(C(=O)CN(CC)C(=O)c2ccco2)c1C. The minimum Gasteiger partial charge on any atom is -0.461 e. The van der Waals surface area contributed by atoms with Gasteiger partial charge >= 0.3 is 5.97 Å². The Morgan fingerprint density at radius 2 is 1.96 bits per heavy atom. The number of Topliss-reactive ketones (excluding diaryl/α,β-unsaturated/α-hetero) is 1. The van der Waals surface area contributed by atoms with Crippen LogP contribution in [0.2, 0.25) is 0 Å². The molecule has 25 heavy (non-hydrogen) atoms. The minimum atomic E-state index is -0.499. The normalized spacial score (nSPS) is 10.6. The van der Waals surface area contributed by atoms with Crippen LogP contribution in [-0.2, 0) is 4.74 Å². The van der Waals surface area contributed by atoms with Crippen LogP contribution in [0.4, 0.5) is 0 Å². The lowest BCUT2D eigenvalue weighted by Crippen LogP contribution is -2.35. The van der Waals surface area contributed by atoms with E-state index in [4.69, 9.17) is 9.15 Å². The number of hydrogen-bond donors (Lipinski definition) is 1. The zero-order valence-corrected chi connectivity index (χ0v) is 14.8. The number of amides is 1. The van der Waals surface area contributed by atoms with Gasteiger partial charge in [0, 0.05) is 17.8 Å². The number of rotatable bonds is 7. The Balaban J connectivity index is 2.22. The van der Waals surface area contributed by atoms with E-state index in [0.717, 1.165) is 0 Å². The van der Waals surface area contributed by atoms with Gasteiger partial charge in [0.2, 0.25) is 0 Å². The van der Waals surface area contributed by atoms with Gasteiger partial charge in [-0.1, -0.05) is 0 Å². The van der Waals surface area contributed by atoms with Gasteiger partial charge in [-0.2, -0.15) is 0 Å². The summed E-state index contributed by atoms with van der Waals surface area (Å²) in [5.41, 5.74) is 1.78. The second kappa shape index (κ2) is 7.83. The second-order valence-electron chi connectivity index (χ2n) is 5.57. The molecule has 7 heteroatoms. The van der Waals surface area contributed by atoms with E-state index in [-0.39, 0.29) is 36.3 Å². The number of carbonyl (C=O) groups is 3. The summed E-state index contributed by atoms with van der Waals surface area (Å²) in [5, 5.41) is 0. The lowest BCUT2D eigenvalue weighted by atomic mass is 10.1. The molecular formula is C18H22N2O5. The number of nitrogens with one attached hydrogen (secondary N) is 1. The molecule has 0 aliphatic carbocycles. The van der Waals surface area contributed by atoms with Gasteiger partial charge in [0.1, 0.15) is 5.69 Å². The number of nitrogens with zero attached hydrogens (tertiary/aromatic N) is 1. The van der Waals surface area contributed by atoms with Gasteiger partial charge in [-0.3, -0.25) is 9.59 Å². The van der Waals surface area contributed by atoms with Crippen LogP contribution in [0.5, 0.6) is 0 Å². The average Bonchev–Trinajstić information content (AvgIpc) is 3.20. The first kappa shape index (κ1) is 18.5. The lowest BCUT2D eigenvalue weighted by Gasteiger charge is -2.19. The molecule has 0 unspecified atom stereocenters. The van der Waals surface area contributed by atoms with E-state index in [9.17, 15) is 14.4 Å². The maximum Gasteiger partial charge on any atom is 0.355 e. The molecular weight excluding hydrogens is 324 g/mol. The van der Waals surface area contributed by atoms with Crippen LogP contribution in [-0.4, -0.2) is 47.2 Å². The predicted molar refractivity (Wildman–Crippen MR) is 90.8 cm³/mol. The summed E-state index contributed by atoms with van der Waals surface area (Å²) < 4.78 is 10.1. The standard InChI is InChI=1S/C18H22N2O5/c1-5-20(17(22)14-8-7-9-25-14)10-13(21)15-11(3)16(19-12(15)4)18(23)24-6-2/h7-9,19H,5-6,10H2,1-4H3. The second-order valence-corrected chi connectivity index (χ2v) is 5.57. The minimum absolute atomic E-state index is 0.0994. The number of hydrogen-bond acceptors (Lipinski definition) is 5. The molecule has 7 nitrogen and oxygen atoms in total. The molecule has 0 saturated heterocycles. The number of H-pyrrole nitrogens is 1. The van der Waals surface area contributed by atoms with Crippen LogP contribution in [0.3, 0.4) is 0 Å². The Kier molecular flexibility index (Phi) is 5.80. The molecule has 1 amide bonds. The Morgan fingerprint density at radius 3 is 2.52 bits per heavy atom. The van der Waals surface area contributed by atoms with Crippen molar-refractivity contribution < 1.29 is 23.5 Å². The summed E-state index contributed by atoms with van der Waals surface area (Å²) >= 11 is 0. The molecule has 2 aromatic rings. The molecule has 0 aromatic carbocycles. The van der Waals surface area contributed by atoms with Crippen LogP contribution >= 0.6 is 0 Å². The molecule has 134 valence electrons. The smallest absolute Gasteiger partial charge is 0.355 e. The first-order valence-electron chi connectivity index (χ1n) is 8.12. The van der Waals surface area contributed by atoms with E-state index in [1.807, 2.05) is 0 Å². The van der Waals surface area contributed by atoms with Crippen molar-refractivity contribution in [1.82, 2.24) is 9.88 Å². The molecule has 0 saturated carbocycles. The lowest BCUT2D eigenvalue weighted by molar-refractivity contribution is 0.0519. The molecule has 0 spiro atoms. The van der Waals surface area contributed by atoms with Crippen molar-refractivity contribution in [1.29, 1.82) is 0 Å². The van der Waals surface area contributed by atoms with Crippen molar-refractivity contribution in [3.63, 3.8) is 0 Å². The van der Waals surface area contributed by atoms with Crippen LogP contribution in [0.1, 0.15) is 56.5 Å². The third kappa shape index (κ3) is 3.81. The molecule has 2 rings (SSSR count). The fraction of sp³-hybridized carbons (Fsp3) is 0.389. The third-order valence-corrected chi connectivity index (χ3v) is 3.93. The molecule has 0 radical (unpaired) electrons. The van der Waals surface area contributed by atoms with Gasteiger partial charge < -0.3 is 19.0 Å². The molecule has 0 aliphatic heterocycles. The highest BCUT2D eigenvalue weighted by atomic mass is 16.5. The molecule has 1 N–H and O–H groups in total. The van der Waals surface area contributed by atoms with Gasteiger partial charge in [-0.25, -0.2) is 4.79 Å². The number of aromatic nitrogens is 1. The summed E-state index contributed by atoms with van der Waals surface area (Å²) in [6.07, 6.45) is 1.41. The number of aryl methyl sites for hydroxylation is 1. The number of esters is 1. The first-order chi connectivity index (χ1) is 11.9. The maximum absolute atomic E-state index is 12.7. The highest BCUT2D eigenvalue weighted by Crippen LogP contribution is 2.20. The highest BCUT2D eigenvalue weighted by Gasteiger charge is 2.26.